The molecule has 0 aliphatic rings. The van der Waals surface area contributed by atoms with Gasteiger partial charge in [0.1, 0.15) is 5.60 Å². The van der Waals surface area contributed by atoms with Crippen molar-refractivity contribution in [2.75, 3.05) is 6.61 Å². The zero-order chi connectivity index (χ0) is 13.6. The zero-order valence-corrected chi connectivity index (χ0v) is 12.1. The summed E-state index contributed by atoms with van der Waals surface area (Å²) in [5, 5.41) is 7.33. The lowest BCUT2D eigenvalue weighted by Crippen LogP contribution is -2.30. The van der Waals surface area contributed by atoms with E-state index in [1.807, 2.05) is 6.92 Å². The van der Waals surface area contributed by atoms with Crippen LogP contribution >= 0.6 is 0 Å². The molecule has 0 bridgehead atoms. The highest BCUT2D eigenvalue weighted by Crippen LogP contribution is 2.30. The van der Waals surface area contributed by atoms with Crippen LogP contribution in [-0.2, 0) is 16.9 Å². The second-order valence-corrected chi connectivity index (χ2v) is 4.68. The van der Waals surface area contributed by atoms with E-state index in [0.29, 0.717) is 30.9 Å². The lowest BCUT2D eigenvalue weighted by Gasteiger charge is -2.27. The first-order valence-corrected chi connectivity index (χ1v) is 6.78. The molecular formula is C13H25N3O2. The molecule has 0 amide bonds. The van der Waals surface area contributed by atoms with Crippen molar-refractivity contribution >= 4 is 0 Å². The summed E-state index contributed by atoms with van der Waals surface area (Å²) in [6.07, 6.45) is 1.68. The Hall–Kier alpha value is -0.940. The molecule has 5 nitrogen and oxygen atoms in total. The molecule has 0 aromatic carbocycles. The molecule has 1 rings (SSSR count). The Morgan fingerprint density at radius 2 is 1.94 bits per heavy atom. The van der Waals surface area contributed by atoms with E-state index in [0.717, 1.165) is 12.8 Å². The second-order valence-electron chi connectivity index (χ2n) is 4.68. The van der Waals surface area contributed by atoms with Gasteiger partial charge in [-0.25, -0.2) is 0 Å². The maximum atomic E-state index is 5.85. The van der Waals surface area contributed by atoms with E-state index in [1.165, 1.54) is 0 Å². The minimum atomic E-state index is -0.408. The normalized spacial score (nSPS) is 12.3. The van der Waals surface area contributed by atoms with Gasteiger partial charge in [0.2, 0.25) is 11.7 Å². The molecule has 0 saturated heterocycles. The van der Waals surface area contributed by atoms with E-state index >= 15 is 0 Å². The molecule has 1 aromatic rings. The van der Waals surface area contributed by atoms with Crippen LogP contribution in [0.5, 0.6) is 0 Å². The fraction of sp³-hybridized carbons (Fsp3) is 0.846. The van der Waals surface area contributed by atoms with Crippen LogP contribution in [0, 0.1) is 0 Å². The number of hydrogen-bond acceptors (Lipinski definition) is 5. The van der Waals surface area contributed by atoms with Crippen LogP contribution in [0.1, 0.15) is 59.2 Å². The minimum absolute atomic E-state index is 0.398. The average Bonchev–Trinajstić information content (AvgIpc) is 2.83. The summed E-state index contributed by atoms with van der Waals surface area (Å²) in [4.78, 5) is 4.45. The largest absolute Gasteiger partial charge is 0.367 e. The second kappa shape index (κ2) is 6.85. The predicted octanol–water partition coefficient (Wildman–Crippen LogP) is 2.62. The Balaban J connectivity index is 2.80. The van der Waals surface area contributed by atoms with Gasteiger partial charge in [0, 0.05) is 12.6 Å². The van der Waals surface area contributed by atoms with E-state index in [-0.39, 0.29) is 0 Å². The maximum Gasteiger partial charge on any atom is 0.240 e. The summed E-state index contributed by atoms with van der Waals surface area (Å²) in [6.45, 7) is 11.6. The first-order valence-electron chi connectivity index (χ1n) is 6.78. The zero-order valence-electron chi connectivity index (χ0n) is 12.1. The Bertz CT molecular complexity index is 346. The van der Waals surface area contributed by atoms with Gasteiger partial charge in [-0.05, 0) is 19.8 Å². The van der Waals surface area contributed by atoms with E-state index in [2.05, 4.69) is 43.2 Å². The van der Waals surface area contributed by atoms with Crippen molar-refractivity contribution in [3.8, 4) is 0 Å². The first kappa shape index (κ1) is 15.1. The Morgan fingerprint density at radius 1 is 1.28 bits per heavy atom. The van der Waals surface area contributed by atoms with E-state index < -0.39 is 5.60 Å². The molecule has 1 N–H and O–H groups in total. The monoisotopic (exact) mass is 255 g/mol. The van der Waals surface area contributed by atoms with Gasteiger partial charge in [-0.2, -0.15) is 4.98 Å². The van der Waals surface area contributed by atoms with E-state index in [4.69, 9.17) is 9.26 Å². The smallest absolute Gasteiger partial charge is 0.240 e. The fourth-order valence-corrected chi connectivity index (χ4v) is 1.91. The Morgan fingerprint density at radius 3 is 2.44 bits per heavy atom. The molecule has 0 spiro atoms. The first-order chi connectivity index (χ1) is 8.57. The molecular weight excluding hydrogens is 230 g/mol. The number of aromatic nitrogens is 2. The molecule has 1 heterocycles. The molecule has 5 heteroatoms. The van der Waals surface area contributed by atoms with Crippen molar-refractivity contribution in [1.82, 2.24) is 15.5 Å². The highest BCUT2D eigenvalue weighted by molar-refractivity contribution is 5.01. The van der Waals surface area contributed by atoms with Gasteiger partial charge in [-0.1, -0.05) is 32.9 Å². The standard InChI is InChI=1S/C13H25N3O2/c1-6-13(7-2,17-8-3)12-15-11(18-16-12)9-14-10(4)5/h10,14H,6-9H2,1-5H3. The van der Waals surface area contributed by atoms with Crippen LogP contribution in [0.4, 0.5) is 0 Å². The third kappa shape index (κ3) is 3.53. The van der Waals surface area contributed by atoms with Crippen LogP contribution in [0.15, 0.2) is 4.52 Å². The summed E-state index contributed by atoms with van der Waals surface area (Å²) in [6, 6.07) is 0.398. The van der Waals surface area contributed by atoms with Crippen molar-refractivity contribution in [3.63, 3.8) is 0 Å². The van der Waals surface area contributed by atoms with Crippen LogP contribution in [0.3, 0.4) is 0 Å². The van der Waals surface area contributed by atoms with Gasteiger partial charge >= 0.3 is 0 Å². The van der Waals surface area contributed by atoms with Crippen LogP contribution in [-0.4, -0.2) is 22.8 Å². The number of rotatable bonds is 8. The highest BCUT2D eigenvalue weighted by atomic mass is 16.5. The van der Waals surface area contributed by atoms with Crippen molar-refractivity contribution < 1.29 is 9.26 Å². The maximum absolute atomic E-state index is 5.85. The third-order valence-electron chi connectivity index (χ3n) is 3.10. The van der Waals surface area contributed by atoms with Crippen LogP contribution in [0.2, 0.25) is 0 Å². The number of nitrogens with zero attached hydrogens (tertiary/aromatic N) is 2. The topological polar surface area (TPSA) is 60.2 Å². The minimum Gasteiger partial charge on any atom is -0.367 e. The summed E-state index contributed by atoms with van der Waals surface area (Å²) in [5.41, 5.74) is -0.408. The van der Waals surface area contributed by atoms with Gasteiger partial charge in [0.25, 0.3) is 0 Å². The molecule has 0 aliphatic heterocycles. The molecule has 0 unspecified atom stereocenters. The predicted molar refractivity (Wildman–Crippen MR) is 70.2 cm³/mol. The quantitative estimate of drug-likeness (QED) is 0.773. The van der Waals surface area contributed by atoms with Gasteiger partial charge in [-0.15, -0.1) is 0 Å². The molecule has 104 valence electrons. The van der Waals surface area contributed by atoms with E-state index in [9.17, 15) is 0 Å². The summed E-state index contributed by atoms with van der Waals surface area (Å²) in [5.74, 6) is 1.28. The SMILES string of the molecule is CCOC(CC)(CC)c1noc(CNC(C)C)n1. The van der Waals surface area contributed by atoms with Gasteiger partial charge < -0.3 is 14.6 Å². The van der Waals surface area contributed by atoms with Gasteiger partial charge in [-0.3, -0.25) is 0 Å². The fourth-order valence-electron chi connectivity index (χ4n) is 1.91. The number of ether oxygens (including phenoxy) is 1. The number of hydrogen-bond donors (Lipinski definition) is 1. The van der Waals surface area contributed by atoms with Crippen molar-refractivity contribution in [2.45, 2.75) is 65.6 Å². The van der Waals surface area contributed by atoms with E-state index in [1.54, 1.807) is 0 Å². The van der Waals surface area contributed by atoms with Crippen LogP contribution in [0.25, 0.3) is 0 Å². The highest BCUT2D eigenvalue weighted by Gasteiger charge is 2.34. The summed E-state index contributed by atoms with van der Waals surface area (Å²) < 4.78 is 11.1. The van der Waals surface area contributed by atoms with Crippen LogP contribution < -0.4 is 5.32 Å². The molecule has 0 aliphatic carbocycles. The lowest BCUT2D eigenvalue weighted by molar-refractivity contribution is -0.0583. The Labute approximate surface area is 109 Å². The summed E-state index contributed by atoms with van der Waals surface area (Å²) >= 11 is 0. The molecule has 18 heavy (non-hydrogen) atoms. The lowest BCUT2D eigenvalue weighted by atomic mass is 9.96. The molecule has 0 fully saturated rings. The molecule has 0 saturated carbocycles. The Kier molecular flexibility index (Phi) is 5.75. The van der Waals surface area contributed by atoms with Crippen molar-refractivity contribution in [1.29, 1.82) is 0 Å². The average molecular weight is 255 g/mol. The van der Waals surface area contributed by atoms with Gasteiger partial charge in [0.05, 0.1) is 6.54 Å². The van der Waals surface area contributed by atoms with Gasteiger partial charge in [0.15, 0.2) is 0 Å². The summed E-state index contributed by atoms with van der Waals surface area (Å²) in [7, 11) is 0. The number of nitrogens with one attached hydrogen (secondary N) is 1. The van der Waals surface area contributed by atoms with Crippen molar-refractivity contribution in [2.24, 2.45) is 0 Å². The molecule has 0 atom stereocenters. The molecule has 1 aromatic heterocycles. The van der Waals surface area contributed by atoms with Crippen molar-refractivity contribution in [3.05, 3.63) is 11.7 Å². The third-order valence-corrected chi connectivity index (χ3v) is 3.10. The molecule has 0 radical (unpaired) electrons.